The third kappa shape index (κ3) is 2.97. The molecule has 1 atom stereocenters. The number of nitrogens with one attached hydrogen (secondary N) is 1. The van der Waals surface area contributed by atoms with Crippen molar-refractivity contribution in [2.24, 2.45) is 0 Å². The molecule has 6 heteroatoms. The number of nitrogen functional groups attached to an aromatic ring is 1. The van der Waals surface area contributed by atoms with E-state index in [4.69, 9.17) is 20.3 Å². The van der Waals surface area contributed by atoms with Crippen molar-refractivity contribution in [3.8, 4) is 0 Å². The molecular weight excluding hydrogens is 248 g/mol. The Morgan fingerprint density at radius 3 is 2.95 bits per heavy atom. The van der Waals surface area contributed by atoms with Crippen LogP contribution in [-0.4, -0.2) is 43.5 Å². The Kier molecular flexibility index (Phi) is 3.92. The zero-order valence-corrected chi connectivity index (χ0v) is 10.8. The van der Waals surface area contributed by atoms with Crippen LogP contribution >= 0.6 is 0 Å². The van der Waals surface area contributed by atoms with E-state index in [0.29, 0.717) is 31.1 Å². The van der Waals surface area contributed by atoms with Crippen LogP contribution in [0.5, 0.6) is 0 Å². The Hall–Kier alpha value is -1.79. The second kappa shape index (κ2) is 5.46. The highest BCUT2D eigenvalue weighted by Crippen LogP contribution is 2.25. The van der Waals surface area contributed by atoms with Crippen LogP contribution in [0.1, 0.15) is 16.8 Å². The number of carbonyl (C=O) groups is 1. The molecule has 1 aromatic carbocycles. The van der Waals surface area contributed by atoms with Crippen molar-refractivity contribution in [2.45, 2.75) is 12.0 Å². The number of benzene rings is 1. The fourth-order valence-corrected chi connectivity index (χ4v) is 2.07. The first-order valence-electron chi connectivity index (χ1n) is 6.06. The minimum absolute atomic E-state index is 0.175. The number of methoxy groups -OCH3 is 1. The first kappa shape index (κ1) is 13.6. The van der Waals surface area contributed by atoms with Gasteiger partial charge in [-0.05, 0) is 18.2 Å². The summed E-state index contributed by atoms with van der Waals surface area (Å²) in [5.41, 5.74) is 6.78. The highest BCUT2D eigenvalue weighted by molar-refractivity contribution is 5.90. The maximum absolute atomic E-state index is 10.8. The number of hydrogen-bond acceptors (Lipinski definition) is 5. The van der Waals surface area contributed by atoms with Crippen LogP contribution in [0.15, 0.2) is 18.2 Å². The average Bonchev–Trinajstić information content (AvgIpc) is 2.86. The van der Waals surface area contributed by atoms with E-state index in [-0.39, 0.29) is 11.2 Å². The molecule has 6 nitrogen and oxygen atoms in total. The van der Waals surface area contributed by atoms with Crippen molar-refractivity contribution >= 4 is 17.3 Å². The summed E-state index contributed by atoms with van der Waals surface area (Å²) in [6.45, 7) is 1.80. The summed E-state index contributed by atoms with van der Waals surface area (Å²) in [6, 6.07) is 4.62. The van der Waals surface area contributed by atoms with E-state index in [1.165, 1.54) is 12.1 Å². The van der Waals surface area contributed by atoms with Crippen LogP contribution in [0.4, 0.5) is 11.4 Å². The maximum Gasteiger partial charge on any atom is 0.335 e. The number of rotatable bonds is 5. The van der Waals surface area contributed by atoms with Crippen molar-refractivity contribution in [3.63, 3.8) is 0 Å². The zero-order chi connectivity index (χ0) is 13.9. The summed E-state index contributed by atoms with van der Waals surface area (Å²) in [6.07, 6.45) is 0.823. The van der Waals surface area contributed by atoms with Crippen molar-refractivity contribution in [1.82, 2.24) is 0 Å². The zero-order valence-electron chi connectivity index (χ0n) is 10.8. The van der Waals surface area contributed by atoms with Crippen LogP contribution in [0, 0.1) is 0 Å². The fraction of sp³-hybridized carbons (Fsp3) is 0.462. The molecule has 0 saturated carbocycles. The molecule has 1 heterocycles. The molecule has 0 bridgehead atoms. The third-order valence-corrected chi connectivity index (χ3v) is 3.40. The first-order chi connectivity index (χ1) is 9.06. The molecule has 1 aromatic rings. The second-order valence-corrected chi connectivity index (χ2v) is 4.65. The van der Waals surface area contributed by atoms with Gasteiger partial charge in [-0.1, -0.05) is 0 Å². The fourth-order valence-electron chi connectivity index (χ4n) is 2.07. The molecule has 19 heavy (non-hydrogen) atoms. The largest absolute Gasteiger partial charge is 0.478 e. The van der Waals surface area contributed by atoms with Crippen LogP contribution in [0.2, 0.25) is 0 Å². The van der Waals surface area contributed by atoms with Crippen molar-refractivity contribution in [2.75, 3.05) is 37.9 Å². The second-order valence-electron chi connectivity index (χ2n) is 4.65. The molecule has 1 saturated heterocycles. The molecule has 0 radical (unpaired) electrons. The number of aromatic carboxylic acids is 1. The monoisotopic (exact) mass is 266 g/mol. The highest BCUT2D eigenvalue weighted by Gasteiger charge is 2.34. The number of ether oxygens (including phenoxy) is 2. The lowest BCUT2D eigenvalue weighted by Crippen LogP contribution is -2.39. The minimum Gasteiger partial charge on any atom is -0.478 e. The Labute approximate surface area is 111 Å². The van der Waals surface area contributed by atoms with Gasteiger partial charge in [0.25, 0.3) is 0 Å². The normalized spacial score (nSPS) is 22.4. The molecule has 2 rings (SSSR count). The Bertz CT molecular complexity index is 470. The molecule has 0 aliphatic carbocycles. The van der Waals surface area contributed by atoms with E-state index >= 15 is 0 Å². The lowest BCUT2D eigenvalue weighted by molar-refractivity contribution is -0.00619. The number of anilines is 2. The summed E-state index contributed by atoms with van der Waals surface area (Å²) in [4.78, 5) is 10.8. The smallest absolute Gasteiger partial charge is 0.335 e. The Morgan fingerprint density at radius 2 is 2.42 bits per heavy atom. The van der Waals surface area contributed by atoms with Crippen LogP contribution in [0.3, 0.4) is 0 Å². The average molecular weight is 266 g/mol. The molecule has 4 N–H and O–H groups in total. The third-order valence-electron chi connectivity index (χ3n) is 3.40. The number of carboxylic acid groups (broad SMARTS) is 1. The topological polar surface area (TPSA) is 93.8 Å². The van der Waals surface area contributed by atoms with Crippen molar-refractivity contribution < 1.29 is 19.4 Å². The number of carboxylic acids is 1. The van der Waals surface area contributed by atoms with Gasteiger partial charge in [-0.15, -0.1) is 0 Å². The van der Waals surface area contributed by atoms with Gasteiger partial charge in [-0.25, -0.2) is 4.79 Å². The molecule has 0 spiro atoms. The molecule has 0 aromatic heterocycles. The van der Waals surface area contributed by atoms with Gasteiger partial charge in [0.2, 0.25) is 0 Å². The predicted octanol–water partition coefficient (Wildman–Crippen LogP) is 1.18. The summed E-state index contributed by atoms with van der Waals surface area (Å²) < 4.78 is 10.8. The Balaban J connectivity index is 2.05. The number of nitrogens with two attached hydrogens (primary N) is 1. The molecule has 1 unspecified atom stereocenters. The first-order valence-corrected chi connectivity index (χ1v) is 6.06. The summed E-state index contributed by atoms with van der Waals surface area (Å²) in [5, 5.41) is 12.1. The summed E-state index contributed by atoms with van der Waals surface area (Å²) in [5.74, 6) is -0.990. The highest BCUT2D eigenvalue weighted by atomic mass is 16.5. The standard InChI is InChI=1S/C13H18N2O4/c1-18-13(4-5-19-8-13)7-15-11-3-2-9(12(16)17)6-10(11)14/h2-3,6,15H,4-5,7-8,14H2,1H3,(H,16,17). The van der Waals surface area contributed by atoms with Gasteiger partial charge in [0.15, 0.2) is 0 Å². The maximum atomic E-state index is 10.8. The van der Waals surface area contributed by atoms with E-state index in [1.807, 2.05) is 0 Å². The Morgan fingerprint density at radius 1 is 1.63 bits per heavy atom. The molecular formula is C13H18N2O4. The van der Waals surface area contributed by atoms with Gasteiger partial charge in [-0.2, -0.15) is 0 Å². The van der Waals surface area contributed by atoms with Gasteiger partial charge in [0, 0.05) is 26.7 Å². The van der Waals surface area contributed by atoms with Gasteiger partial charge in [0.05, 0.1) is 23.5 Å². The lowest BCUT2D eigenvalue weighted by atomic mass is 10.0. The minimum atomic E-state index is -0.990. The summed E-state index contributed by atoms with van der Waals surface area (Å²) >= 11 is 0. The predicted molar refractivity (Wildman–Crippen MR) is 71.5 cm³/mol. The van der Waals surface area contributed by atoms with Gasteiger partial charge in [0.1, 0.15) is 5.60 Å². The van der Waals surface area contributed by atoms with Gasteiger partial charge < -0.3 is 25.6 Å². The van der Waals surface area contributed by atoms with E-state index < -0.39 is 5.97 Å². The van der Waals surface area contributed by atoms with E-state index in [9.17, 15) is 4.79 Å². The van der Waals surface area contributed by atoms with Gasteiger partial charge >= 0.3 is 5.97 Å². The SMILES string of the molecule is COC1(CNc2ccc(C(=O)O)cc2N)CCOC1. The van der Waals surface area contributed by atoms with E-state index in [0.717, 1.165) is 6.42 Å². The molecule has 0 amide bonds. The van der Waals surface area contributed by atoms with Crippen molar-refractivity contribution in [3.05, 3.63) is 23.8 Å². The molecule has 104 valence electrons. The lowest BCUT2D eigenvalue weighted by Gasteiger charge is -2.26. The molecule has 1 aliphatic rings. The van der Waals surface area contributed by atoms with Crippen LogP contribution < -0.4 is 11.1 Å². The summed E-state index contributed by atoms with van der Waals surface area (Å²) in [7, 11) is 1.66. The molecule has 1 aliphatic heterocycles. The van der Waals surface area contributed by atoms with Gasteiger partial charge in [-0.3, -0.25) is 0 Å². The van der Waals surface area contributed by atoms with Crippen molar-refractivity contribution in [1.29, 1.82) is 0 Å². The van der Waals surface area contributed by atoms with Crippen LogP contribution in [-0.2, 0) is 9.47 Å². The molecule has 1 fully saturated rings. The van der Waals surface area contributed by atoms with E-state index in [2.05, 4.69) is 5.32 Å². The van der Waals surface area contributed by atoms with Crippen LogP contribution in [0.25, 0.3) is 0 Å². The van der Waals surface area contributed by atoms with E-state index in [1.54, 1.807) is 13.2 Å². The quantitative estimate of drug-likeness (QED) is 0.693. The number of hydrogen-bond donors (Lipinski definition) is 3.